The highest BCUT2D eigenvalue weighted by molar-refractivity contribution is 6.31. The number of aryl methyl sites for hydroxylation is 2. The van der Waals surface area contributed by atoms with Gasteiger partial charge in [0.25, 0.3) is 0 Å². The molecule has 0 bridgehead atoms. The summed E-state index contributed by atoms with van der Waals surface area (Å²) in [5.41, 5.74) is 3.91. The van der Waals surface area contributed by atoms with Gasteiger partial charge in [0.1, 0.15) is 5.82 Å². The summed E-state index contributed by atoms with van der Waals surface area (Å²) in [6.07, 6.45) is 0. The Balaban J connectivity index is 2.53. The lowest BCUT2D eigenvalue weighted by molar-refractivity contribution is 0.576. The molecule has 1 unspecified atom stereocenters. The number of rotatable bonds is 3. The minimum absolute atomic E-state index is 0.243. The van der Waals surface area contributed by atoms with Crippen LogP contribution in [0.3, 0.4) is 0 Å². The van der Waals surface area contributed by atoms with Gasteiger partial charge in [0, 0.05) is 10.6 Å². The summed E-state index contributed by atoms with van der Waals surface area (Å²) in [4.78, 5) is 0. The highest BCUT2D eigenvalue weighted by Crippen LogP contribution is 2.31. The first kappa shape index (κ1) is 14.0. The summed E-state index contributed by atoms with van der Waals surface area (Å²) in [7, 11) is 1.81. The molecule has 0 radical (unpaired) electrons. The molecule has 19 heavy (non-hydrogen) atoms. The fraction of sp³-hybridized carbons (Fsp3) is 0.250. The molecule has 0 saturated carbocycles. The number of nitrogens with one attached hydrogen (secondary N) is 1. The lowest BCUT2D eigenvalue weighted by atomic mass is 9.95. The normalized spacial score (nSPS) is 12.5. The Kier molecular flexibility index (Phi) is 4.23. The summed E-state index contributed by atoms with van der Waals surface area (Å²) >= 11 is 6.14. The van der Waals surface area contributed by atoms with E-state index in [1.54, 1.807) is 12.1 Å². The van der Waals surface area contributed by atoms with Crippen molar-refractivity contribution in [3.63, 3.8) is 0 Å². The van der Waals surface area contributed by atoms with E-state index in [2.05, 4.69) is 25.2 Å². The van der Waals surface area contributed by atoms with E-state index in [0.717, 1.165) is 5.56 Å². The molecular weight excluding hydrogens is 261 g/mol. The van der Waals surface area contributed by atoms with Gasteiger partial charge in [0.15, 0.2) is 0 Å². The van der Waals surface area contributed by atoms with Gasteiger partial charge in [-0.2, -0.15) is 0 Å². The standard InChI is InChI=1S/C16H17ClFN/c1-10-7-8-12(9-11(10)2)16(19-3)15-13(17)5-4-6-14(15)18/h4-9,16,19H,1-3H3. The predicted molar refractivity (Wildman–Crippen MR) is 78.2 cm³/mol. The molecule has 0 fully saturated rings. The maximum Gasteiger partial charge on any atom is 0.129 e. The molecule has 1 nitrogen and oxygen atoms in total. The molecule has 100 valence electrons. The molecule has 0 aliphatic heterocycles. The Morgan fingerprint density at radius 3 is 2.42 bits per heavy atom. The van der Waals surface area contributed by atoms with Crippen molar-refractivity contribution in [3.05, 3.63) is 69.5 Å². The second-order valence-corrected chi connectivity index (χ2v) is 5.11. The minimum atomic E-state index is -0.287. The van der Waals surface area contributed by atoms with Crippen molar-refractivity contribution in [1.82, 2.24) is 5.32 Å². The van der Waals surface area contributed by atoms with Crippen LogP contribution in [0.1, 0.15) is 28.3 Å². The van der Waals surface area contributed by atoms with E-state index in [0.29, 0.717) is 10.6 Å². The molecule has 2 aromatic carbocycles. The van der Waals surface area contributed by atoms with Crippen molar-refractivity contribution in [3.8, 4) is 0 Å². The molecule has 0 aliphatic carbocycles. The van der Waals surface area contributed by atoms with Gasteiger partial charge < -0.3 is 5.32 Å². The Hall–Kier alpha value is -1.38. The van der Waals surface area contributed by atoms with E-state index in [1.165, 1.54) is 17.2 Å². The molecule has 0 amide bonds. The molecule has 0 spiro atoms. The van der Waals surface area contributed by atoms with Crippen LogP contribution in [0.2, 0.25) is 5.02 Å². The third-order valence-corrected chi connectivity index (χ3v) is 3.77. The van der Waals surface area contributed by atoms with E-state index in [-0.39, 0.29) is 11.9 Å². The van der Waals surface area contributed by atoms with Crippen molar-refractivity contribution in [1.29, 1.82) is 0 Å². The summed E-state index contributed by atoms with van der Waals surface area (Å²) in [6, 6.07) is 10.6. The average Bonchev–Trinajstić information content (AvgIpc) is 2.37. The van der Waals surface area contributed by atoms with Gasteiger partial charge in [0.05, 0.1) is 6.04 Å². The lowest BCUT2D eigenvalue weighted by Gasteiger charge is -2.20. The molecule has 0 aromatic heterocycles. The van der Waals surface area contributed by atoms with E-state index < -0.39 is 0 Å². The fourth-order valence-corrected chi connectivity index (χ4v) is 2.48. The summed E-state index contributed by atoms with van der Waals surface area (Å²) in [5, 5.41) is 3.58. The largest absolute Gasteiger partial charge is 0.309 e. The van der Waals surface area contributed by atoms with Crippen LogP contribution in [0.25, 0.3) is 0 Å². The topological polar surface area (TPSA) is 12.0 Å². The van der Waals surface area contributed by atoms with Gasteiger partial charge in [-0.15, -0.1) is 0 Å². The summed E-state index contributed by atoms with van der Waals surface area (Å²) in [6.45, 7) is 4.11. The zero-order chi connectivity index (χ0) is 14.0. The van der Waals surface area contributed by atoms with E-state index in [4.69, 9.17) is 11.6 Å². The minimum Gasteiger partial charge on any atom is -0.309 e. The maximum absolute atomic E-state index is 14.0. The fourth-order valence-electron chi connectivity index (χ4n) is 2.21. The second-order valence-electron chi connectivity index (χ2n) is 4.70. The third kappa shape index (κ3) is 2.80. The first-order valence-corrected chi connectivity index (χ1v) is 6.60. The van der Waals surface area contributed by atoms with Crippen LogP contribution in [0, 0.1) is 19.7 Å². The summed E-state index contributed by atoms with van der Waals surface area (Å²) in [5.74, 6) is -0.287. The van der Waals surface area contributed by atoms with Gasteiger partial charge in [-0.3, -0.25) is 0 Å². The van der Waals surface area contributed by atoms with Crippen molar-refractivity contribution in [2.24, 2.45) is 0 Å². The van der Waals surface area contributed by atoms with Crippen molar-refractivity contribution in [2.75, 3.05) is 7.05 Å². The van der Waals surface area contributed by atoms with E-state index in [1.807, 2.05) is 19.2 Å². The predicted octanol–water partition coefficient (Wildman–Crippen LogP) is 4.40. The van der Waals surface area contributed by atoms with Crippen LogP contribution in [0.5, 0.6) is 0 Å². The lowest BCUT2D eigenvalue weighted by Crippen LogP contribution is -2.19. The van der Waals surface area contributed by atoms with Gasteiger partial charge >= 0.3 is 0 Å². The number of benzene rings is 2. The van der Waals surface area contributed by atoms with Crippen molar-refractivity contribution < 1.29 is 4.39 Å². The third-order valence-electron chi connectivity index (χ3n) is 3.44. The molecule has 0 aliphatic rings. The molecule has 1 N–H and O–H groups in total. The first-order chi connectivity index (χ1) is 9.04. The van der Waals surface area contributed by atoms with Crippen LogP contribution >= 0.6 is 11.6 Å². The molecular formula is C16H17ClFN. The Bertz CT molecular complexity index is 575. The van der Waals surface area contributed by atoms with Gasteiger partial charge in [-0.25, -0.2) is 4.39 Å². The summed E-state index contributed by atoms with van der Waals surface area (Å²) < 4.78 is 14.0. The molecule has 0 saturated heterocycles. The Morgan fingerprint density at radius 1 is 1.11 bits per heavy atom. The average molecular weight is 278 g/mol. The highest BCUT2D eigenvalue weighted by atomic mass is 35.5. The molecule has 3 heteroatoms. The molecule has 1 atom stereocenters. The van der Waals surface area contributed by atoms with Crippen LogP contribution in [-0.4, -0.2) is 7.05 Å². The van der Waals surface area contributed by atoms with Gasteiger partial charge in [-0.05, 0) is 49.7 Å². The second kappa shape index (κ2) is 5.72. The maximum atomic E-state index is 14.0. The monoisotopic (exact) mass is 277 g/mol. The zero-order valence-corrected chi connectivity index (χ0v) is 12.1. The van der Waals surface area contributed by atoms with Crippen LogP contribution in [0.15, 0.2) is 36.4 Å². The Labute approximate surface area is 118 Å². The van der Waals surface area contributed by atoms with E-state index >= 15 is 0 Å². The smallest absolute Gasteiger partial charge is 0.129 e. The van der Waals surface area contributed by atoms with Gasteiger partial charge in [-0.1, -0.05) is 35.9 Å². The van der Waals surface area contributed by atoms with E-state index in [9.17, 15) is 4.39 Å². The van der Waals surface area contributed by atoms with Crippen LogP contribution in [0.4, 0.5) is 4.39 Å². The molecule has 2 aromatic rings. The van der Waals surface area contributed by atoms with Crippen molar-refractivity contribution >= 4 is 11.6 Å². The highest BCUT2D eigenvalue weighted by Gasteiger charge is 2.19. The molecule has 0 heterocycles. The van der Waals surface area contributed by atoms with Crippen LogP contribution in [-0.2, 0) is 0 Å². The van der Waals surface area contributed by atoms with Gasteiger partial charge in [0.2, 0.25) is 0 Å². The SMILES string of the molecule is CNC(c1ccc(C)c(C)c1)c1c(F)cccc1Cl. The number of hydrogen-bond donors (Lipinski definition) is 1. The van der Waals surface area contributed by atoms with Crippen molar-refractivity contribution in [2.45, 2.75) is 19.9 Å². The number of halogens is 2. The van der Waals surface area contributed by atoms with Crippen LogP contribution < -0.4 is 5.32 Å². The Morgan fingerprint density at radius 2 is 1.84 bits per heavy atom. The molecule has 2 rings (SSSR count). The first-order valence-electron chi connectivity index (χ1n) is 6.23. The zero-order valence-electron chi connectivity index (χ0n) is 11.3. The quantitative estimate of drug-likeness (QED) is 0.876. The number of hydrogen-bond acceptors (Lipinski definition) is 1.